The van der Waals surface area contributed by atoms with E-state index < -0.39 is 0 Å². The van der Waals surface area contributed by atoms with E-state index in [1.165, 1.54) is 6.42 Å². The molecule has 1 aromatic rings. The molecular weight excluding hydrogens is 216 g/mol. The normalized spacial score (nSPS) is 36.0. The standard InChI is InChI=1S/C9H13ClN4O/c1-5(10)9-11-12-13-14(9)7-4-6-2-3-8(7)15-6/h5-8H,2-4H2,1H3. The average molecular weight is 229 g/mol. The first kappa shape index (κ1) is 9.54. The van der Waals surface area contributed by atoms with Gasteiger partial charge in [-0.05, 0) is 36.6 Å². The van der Waals surface area contributed by atoms with Gasteiger partial charge in [0.1, 0.15) is 0 Å². The molecule has 2 fully saturated rings. The van der Waals surface area contributed by atoms with E-state index in [4.69, 9.17) is 16.3 Å². The van der Waals surface area contributed by atoms with Crippen LogP contribution in [-0.4, -0.2) is 32.4 Å². The maximum atomic E-state index is 6.03. The van der Waals surface area contributed by atoms with E-state index in [1.54, 1.807) is 0 Å². The van der Waals surface area contributed by atoms with Crippen molar-refractivity contribution in [3.63, 3.8) is 0 Å². The molecule has 5 nitrogen and oxygen atoms in total. The zero-order valence-corrected chi connectivity index (χ0v) is 9.26. The van der Waals surface area contributed by atoms with Gasteiger partial charge in [-0.15, -0.1) is 16.7 Å². The highest BCUT2D eigenvalue weighted by atomic mass is 35.5. The highest BCUT2D eigenvalue weighted by molar-refractivity contribution is 6.20. The molecule has 3 rings (SSSR count). The van der Waals surface area contributed by atoms with Gasteiger partial charge in [-0.25, -0.2) is 4.68 Å². The molecular formula is C9H13ClN4O. The Kier molecular flexibility index (Phi) is 2.17. The Morgan fingerprint density at radius 2 is 2.40 bits per heavy atom. The minimum atomic E-state index is -0.154. The van der Waals surface area contributed by atoms with E-state index in [1.807, 2.05) is 11.6 Å². The van der Waals surface area contributed by atoms with Crippen LogP contribution >= 0.6 is 11.6 Å². The Morgan fingerprint density at radius 3 is 3.00 bits per heavy atom. The molecule has 2 aliphatic rings. The monoisotopic (exact) mass is 228 g/mol. The zero-order chi connectivity index (χ0) is 10.4. The van der Waals surface area contributed by atoms with E-state index in [0.29, 0.717) is 6.10 Å². The molecule has 2 bridgehead atoms. The number of nitrogens with zero attached hydrogens (tertiary/aromatic N) is 4. The molecule has 2 aliphatic heterocycles. The molecule has 0 N–H and O–H groups in total. The molecule has 0 spiro atoms. The molecule has 3 heterocycles. The maximum Gasteiger partial charge on any atom is 0.169 e. The number of aromatic nitrogens is 4. The summed E-state index contributed by atoms with van der Waals surface area (Å²) in [5, 5.41) is 11.5. The van der Waals surface area contributed by atoms with E-state index in [0.717, 1.165) is 18.7 Å². The lowest BCUT2D eigenvalue weighted by Crippen LogP contribution is -2.24. The molecule has 82 valence electrons. The highest BCUT2D eigenvalue weighted by Gasteiger charge is 2.43. The van der Waals surface area contributed by atoms with Crippen LogP contribution < -0.4 is 0 Å². The summed E-state index contributed by atoms with van der Waals surface area (Å²) in [7, 11) is 0. The van der Waals surface area contributed by atoms with Crippen LogP contribution in [0.1, 0.15) is 43.4 Å². The summed E-state index contributed by atoms with van der Waals surface area (Å²) in [6.07, 6.45) is 4.00. The average Bonchev–Trinajstić information content (AvgIpc) is 2.92. The molecule has 4 unspecified atom stereocenters. The molecule has 1 aromatic heterocycles. The molecule has 0 aromatic carbocycles. The predicted molar refractivity (Wildman–Crippen MR) is 53.6 cm³/mol. The van der Waals surface area contributed by atoms with Crippen LogP contribution in [0.15, 0.2) is 0 Å². The van der Waals surface area contributed by atoms with Crippen LogP contribution in [0.5, 0.6) is 0 Å². The number of hydrogen-bond donors (Lipinski definition) is 0. The van der Waals surface area contributed by atoms with Crippen molar-refractivity contribution in [2.45, 2.75) is 49.8 Å². The van der Waals surface area contributed by atoms with Crippen molar-refractivity contribution in [1.82, 2.24) is 20.2 Å². The van der Waals surface area contributed by atoms with Crippen molar-refractivity contribution in [2.75, 3.05) is 0 Å². The quantitative estimate of drug-likeness (QED) is 0.720. The largest absolute Gasteiger partial charge is 0.373 e. The van der Waals surface area contributed by atoms with Crippen molar-refractivity contribution >= 4 is 11.6 Å². The van der Waals surface area contributed by atoms with Gasteiger partial charge in [0.2, 0.25) is 0 Å². The Labute approximate surface area is 92.7 Å². The van der Waals surface area contributed by atoms with E-state index in [-0.39, 0.29) is 17.5 Å². The fraction of sp³-hybridized carbons (Fsp3) is 0.889. The SMILES string of the molecule is CC(Cl)c1nnnn1C1CC2CCC1O2. The number of hydrogen-bond acceptors (Lipinski definition) is 4. The van der Waals surface area contributed by atoms with Crippen LogP contribution in [0.25, 0.3) is 0 Å². The highest BCUT2D eigenvalue weighted by Crippen LogP contribution is 2.42. The van der Waals surface area contributed by atoms with Crippen LogP contribution in [-0.2, 0) is 4.74 Å². The summed E-state index contributed by atoms with van der Waals surface area (Å²) in [6, 6.07) is 0.287. The molecule has 4 atom stereocenters. The van der Waals surface area contributed by atoms with Crippen LogP contribution in [0, 0.1) is 0 Å². The fourth-order valence-corrected chi connectivity index (χ4v) is 2.71. The molecule has 0 saturated carbocycles. The summed E-state index contributed by atoms with van der Waals surface area (Å²) in [5.41, 5.74) is 0. The molecule has 15 heavy (non-hydrogen) atoms. The third-order valence-electron chi connectivity index (χ3n) is 3.26. The van der Waals surface area contributed by atoms with Gasteiger partial charge in [-0.2, -0.15) is 0 Å². The van der Waals surface area contributed by atoms with Crippen molar-refractivity contribution in [1.29, 1.82) is 0 Å². The number of rotatable bonds is 2. The Bertz CT molecular complexity index is 367. The zero-order valence-electron chi connectivity index (χ0n) is 8.51. The van der Waals surface area contributed by atoms with Gasteiger partial charge in [-0.1, -0.05) is 0 Å². The third-order valence-corrected chi connectivity index (χ3v) is 3.46. The predicted octanol–water partition coefficient (Wildman–Crippen LogP) is 1.47. The summed E-state index contributed by atoms with van der Waals surface area (Å²) in [6.45, 7) is 1.89. The summed E-state index contributed by atoms with van der Waals surface area (Å²) >= 11 is 6.03. The summed E-state index contributed by atoms with van der Waals surface area (Å²) in [5.74, 6) is 0.748. The number of halogens is 1. The van der Waals surface area contributed by atoms with Crippen molar-refractivity contribution in [3.05, 3.63) is 5.82 Å². The first-order valence-corrected chi connectivity index (χ1v) is 5.76. The van der Waals surface area contributed by atoms with E-state index >= 15 is 0 Å². The first-order valence-electron chi connectivity index (χ1n) is 5.33. The third kappa shape index (κ3) is 1.45. The molecule has 2 saturated heterocycles. The Balaban J connectivity index is 1.90. The Hall–Kier alpha value is -0.680. The lowest BCUT2D eigenvalue weighted by molar-refractivity contribution is 0.0915. The minimum absolute atomic E-state index is 0.154. The first-order chi connectivity index (χ1) is 7.25. The van der Waals surface area contributed by atoms with Gasteiger partial charge >= 0.3 is 0 Å². The maximum absolute atomic E-state index is 6.03. The van der Waals surface area contributed by atoms with Crippen molar-refractivity contribution < 1.29 is 4.74 Å². The lowest BCUT2D eigenvalue weighted by Gasteiger charge is -2.19. The minimum Gasteiger partial charge on any atom is -0.373 e. The van der Waals surface area contributed by atoms with Gasteiger partial charge in [0.15, 0.2) is 5.82 Å². The van der Waals surface area contributed by atoms with Crippen molar-refractivity contribution in [2.24, 2.45) is 0 Å². The van der Waals surface area contributed by atoms with Gasteiger partial charge in [0.25, 0.3) is 0 Å². The molecule has 0 amide bonds. The van der Waals surface area contributed by atoms with Crippen LogP contribution in [0.2, 0.25) is 0 Å². The second kappa shape index (κ2) is 3.42. The van der Waals surface area contributed by atoms with Gasteiger partial charge < -0.3 is 4.74 Å². The Morgan fingerprint density at radius 1 is 1.53 bits per heavy atom. The van der Waals surface area contributed by atoms with Crippen molar-refractivity contribution in [3.8, 4) is 0 Å². The van der Waals surface area contributed by atoms with E-state index in [2.05, 4.69) is 15.5 Å². The number of tetrazole rings is 1. The fourth-order valence-electron chi connectivity index (χ4n) is 2.57. The second-order valence-corrected chi connectivity index (χ2v) is 4.93. The van der Waals surface area contributed by atoms with Gasteiger partial charge in [0, 0.05) is 0 Å². The lowest BCUT2D eigenvalue weighted by atomic mass is 9.95. The number of alkyl halides is 1. The topological polar surface area (TPSA) is 52.8 Å². The molecule has 0 radical (unpaired) electrons. The second-order valence-electron chi connectivity index (χ2n) is 4.27. The van der Waals surface area contributed by atoms with Crippen LogP contribution in [0.3, 0.4) is 0 Å². The molecule has 6 heteroatoms. The van der Waals surface area contributed by atoms with Crippen LogP contribution in [0.4, 0.5) is 0 Å². The number of ether oxygens (including phenoxy) is 1. The number of fused-ring (bicyclic) bond motifs is 2. The van der Waals surface area contributed by atoms with Gasteiger partial charge in [-0.3, -0.25) is 0 Å². The van der Waals surface area contributed by atoms with Gasteiger partial charge in [0.05, 0.1) is 23.6 Å². The summed E-state index contributed by atoms with van der Waals surface area (Å²) in [4.78, 5) is 0. The van der Waals surface area contributed by atoms with E-state index in [9.17, 15) is 0 Å². The smallest absolute Gasteiger partial charge is 0.169 e. The molecule has 0 aliphatic carbocycles. The summed E-state index contributed by atoms with van der Waals surface area (Å²) < 4.78 is 7.63.